The molecule has 0 fully saturated rings. The molecule has 262 valence electrons. The quantitative estimate of drug-likeness (QED) is 0.171. The molecule has 11 aromatic rings. The highest BCUT2D eigenvalue weighted by molar-refractivity contribution is 6.16. The van der Waals surface area contributed by atoms with Crippen molar-refractivity contribution in [3.8, 4) is 33.4 Å². The van der Waals surface area contributed by atoms with E-state index in [9.17, 15) is 0 Å². The van der Waals surface area contributed by atoms with Gasteiger partial charge in [-0.05, 0) is 91.8 Å². The smallest absolute Gasteiger partial charge is 0.143 e. The van der Waals surface area contributed by atoms with Crippen LogP contribution in [0.3, 0.4) is 0 Å². The third-order valence-electron chi connectivity index (χ3n) is 11.3. The van der Waals surface area contributed by atoms with Crippen LogP contribution in [0.15, 0.2) is 217 Å². The fraction of sp³-hybridized carbons (Fsp3) is 0. The maximum Gasteiger partial charge on any atom is 0.143 e. The van der Waals surface area contributed by atoms with Gasteiger partial charge in [-0.25, -0.2) is 0 Å². The van der Waals surface area contributed by atoms with Crippen LogP contribution in [0.2, 0.25) is 0 Å². The van der Waals surface area contributed by atoms with E-state index >= 15 is 0 Å². The van der Waals surface area contributed by atoms with E-state index in [2.05, 4.69) is 217 Å². The Bertz CT molecular complexity index is 3230. The summed E-state index contributed by atoms with van der Waals surface area (Å²) in [4.78, 5) is 2.41. The first kappa shape index (κ1) is 32.0. The molecule has 0 radical (unpaired) electrons. The van der Waals surface area contributed by atoms with Crippen molar-refractivity contribution in [2.24, 2.45) is 0 Å². The van der Waals surface area contributed by atoms with Crippen LogP contribution in [0.4, 0.5) is 17.1 Å². The van der Waals surface area contributed by atoms with E-state index in [0.29, 0.717) is 0 Å². The average molecular weight is 714 g/mol. The second-order valence-corrected chi connectivity index (χ2v) is 14.5. The van der Waals surface area contributed by atoms with Gasteiger partial charge in [-0.2, -0.15) is 0 Å². The molecule has 0 saturated carbocycles. The zero-order valence-electron chi connectivity index (χ0n) is 30.6. The third kappa shape index (κ3) is 5.34. The number of anilines is 3. The highest BCUT2D eigenvalue weighted by atomic mass is 16.3. The minimum absolute atomic E-state index is 0.893. The van der Waals surface area contributed by atoms with Crippen LogP contribution in [0, 0.1) is 0 Å². The molecule has 56 heavy (non-hydrogen) atoms. The van der Waals surface area contributed by atoms with E-state index in [1.807, 2.05) is 0 Å². The van der Waals surface area contributed by atoms with Crippen LogP contribution in [-0.2, 0) is 0 Å². The number of para-hydroxylation sites is 1. The maximum atomic E-state index is 6.50. The molecule has 1 aromatic heterocycles. The molecule has 1 heterocycles. The van der Waals surface area contributed by atoms with Gasteiger partial charge in [0.1, 0.15) is 11.2 Å². The van der Waals surface area contributed by atoms with Gasteiger partial charge in [-0.15, -0.1) is 0 Å². The zero-order chi connectivity index (χ0) is 37.0. The van der Waals surface area contributed by atoms with Crippen LogP contribution in [0.25, 0.3) is 87.6 Å². The summed E-state index contributed by atoms with van der Waals surface area (Å²) in [6, 6.07) is 76.5. The van der Waals surface area contributed by atoms with Gasteiger partial charge in [0.05, 0.1) is 11.4 Å². The topological polar surface area (TPSA) is 16.4 Å². The van der Waals surface area contributed by atoms with Gasteiger partial charge in [-0.3, -0.25) is 0 Å². The molecular formula is C54H35NO. The van der Waals surface area contributed by atoms with Crippen molar-refractivity contribution in [2.45, 2.75) is 0 Å². The van der Waals surface area contributed by atoms with Gasteiger partial charge < -0.3 is 9.32 Å². The molecule has 0 amide bonds. The van der Waals surface area contributed by atoms with E-state index in [0.717, 1.165) is 55.5 Å². The van der Waals surface area contributed by atoms with Crippen molar-refractivity contribution in [2.75, 3.05) is 4.90 Å². The number of hydrogen-bond donors (Lipinski definition) is 0. The summed E-state index contributed by atoms with van der Waals surface area (Å²) >= 11 is 0. The first-order valence-electron chi connectivity index (χ1n) is 19.2. The Labute approximate surface area is 325 Å². The number of hydrogen-bond acceptors (Lipinski definition) is 2. The van der Waals surface area contributed by atoms with E-state index in [4.69, 9.17) is 4.42 Å². The summed E-state index contributed by atoms with van der Waals surface area (Å²) in [6.07, 6.45) is 0. The first-order chi connectivity index (χ1) is 27.8. The van der Waals surface area contributed by atoms with Crippen LogP contribution < -0.4 is 4.90 Å². The fourth-order valence-corrected chi connectivity index (χ4v) is 8.52. The van der Waals surface area contributed by atoms with Gasteiger partial charge in [-0.1, -0.05) is 170 Å². The number of benzene rings is 10. The Hall–Kier alpha value is -7.42. The lowest BCUT2D eigenvalue weighted by atomic mass is 9.96. The van der Waals surface area contributed by atoms with Crippen molar-refractivity contribution in [1.29, 1.82) is 0 Å². The molecule has 0 unspecified atom stereocenters. The lowest BCUT2D eigenvalue weighted by molar-refractivity contribution is 0.672. The Morgan fingerprint density at radius 2 is 0.839 bits per heavy atom. The van der Waals surface area contributed by atoms with Gasteiger partial charge in [0.2, 0.25) is 0 Å². The van der Waals surface area contributed by atoms with Gasteiger partial charge >= 0.3 is 0 Å². The number of nitrogens with zero attached hydrogens (tertiary/aromatic N) is 1. The lowest BCUT2D eigenvalue weighted by Gasteiger charge is -2.29. The molecule has 0 aliphatic carbocycles. The van der Waals surface area contributed by atoms with E-state index in [1.54, 1.807) is 0 Å². The monoisotopic (exact) mass is 713 g/mol. The minimum Gasteiger partial charge on any atom is -0.455 e. The molecule has 0 atom stereocenters. The molecule has 0 aliphatic heterocycles. The van der Waals surface area contributed by atoms with Crippen molar-refractivity contribution >= 4 is 71.3 Å². The van der Waals surface area contributed by atoms with Crippen molar-refractivity contribution in [3.63, 3.8) is 0 Å². The van der Waals surface area contributed by atoms with Gasteiger partial charge in [0.25, 0.3) is 0 Å². The highest BCUT2D eigenvalue weighted by Gasteiger charge is 2.20. The predicted octanol–water partition coefficient (Wildman–Crippen LogP) is 15.5. The van der Waals surface area contributed by atoms with E-state index < -0.39 is 0 Å². The number of fused-ring (bicyclic) bond motifs is 7. The summed E-state index contributed by atoms with van der Waals surface area (Å²) in [5.41, 5.74) is 12.3. The van der Waals surface area contributed by atoms with E-state index in [1.165, 1.54) is 49.2 Å². The molecular weight excluding hydrogens is 679 g/mol. The Morgan fingerprint density at radius 3 is 1.62 bits per heavy atom. The third-order valence-corrected chi connectivity index (χ3v) is 11.3. The Kier molecular flexibility index (Phi) is 7.53. The average Bonchev–Trinajstić information content (AvgIpc) is 3.66. The first-order valence-corrected chi connectivity index (χ1v) is 19.2. The molecule has 10 aromatic carbocycles. The zero-order valence-corrected chi connectivity index (χ0v) is 30.6. The molecule has 11 rings (SSSR count). The second-order valence-electron chi connectivity index (χ2n) is 14.5. The van der Waals surface area contributed by atoms with Crippen LogP contribution >= 0.6 is 0 Å². The summed E-state index contributed by atoms with van der Waals surface area (Å²) in [5, 5.41) is 9.48. The number of furan rings is 1. The normalized spacial score (nSPS) is 11.6. The van der Waals surface area contributed by atoms with Crippen LogP contribution in [-0.4, -0.2) is 0 Å². The minimum atomic E-state index is 0.893. The predicted molar refractivity (Wildman–Crippen MR) is 237 cm³/mol. The molecule has 0 saturated heterocycles. The van der Waals surface area contributed by atoms with E-state index in [-0.39, 0.29) is 0 Å². The van der Waals surface area contributed by atoms with Crippen molar-refractivity contribution < 1.29 is 4.42 Å². The molecule has 0 aliphatic rings. The summed E-state index contributed by atoms with van der Waals surface area (Å²) in [6.45, 7) is 0. The summed E-state index contributed by atoms with van der Waals surface area (Å²) in [7, 11) is 0. The Balaban J connectivity index is 1.02. The maximum absolute atomic E-state index is 6.50. The van der Waals surface area contributed by atoms with Crippen molar-refractivity contribution in [1.82, 2.24) is 0 Å². The van der Waals surface area contributed by atoms with Crippen molar-refractivity contribution in [3.05, 3.63) is 212 Å². The van der Waals surface area contributed by atoms with Crippen LogP contribution in [0.1, 0.15) is 0 Å². The molecule has 0 bridgehead atoms. The number of rotatable bonds is 6. The molecule has 0 spiro atoms. The largest absolute Gasteiger partial charge is 0.455 e. The summed E-state index contributed by atoms with van der Waals surface area (Å²) < 4.78 is 6.50. The molecule has 2 heteroatoms. The standard InChI is InChI=1S/C54H35NO/c1-4-16-44-38(11-1)14-9-20-45(44)41-25-23-36(24-26-41)37-27-31-43(32-28-37)55(52-22-10-15-39-12-2-5-17-46(39)52)51-21-8-7-18-47(51)42-30-34-53-50(35-42)49-33-29-40-13-3-6-19-48(40)54(49)56-53/h1-35H. The molecule has 2 nitrogen and oxygen atoms in total. The lowest BCUT2D eigenvalue weighted by Crippen LogP contribution is -2.11. The van der Waals surface area contributed by atoms with Crippen LogP contribution in [0.5, 0.6) is 0 Å². The second kappa shape index (κ2) is 13.2. The molecule has 0 N–H and O–H groups in total. The Morgan fingerprint density at radius 1 is 0.304 bits per heavy atom. The fourth-order valence-electron chi connectivity index (χ4n) is 8.52. The summed E-state index contributed by atoms with van der Waals surface area (Å²) in [5.74, 6) is 0. The SMILES string of the molecule is c1ccc(N(c2ccc(-c3ccc(-c4cccc5ccccc45)cc3)cc2)c2cccc3ccccc23)c(-c2ccc3oc4c5ccccc5ccc4c3c2)c1. The van der Waals surface area contributed by atoms with Gasteiger partial charge in [0.15, 0.2) is 0 Å². The highest BCUT2D eigenvalue weighted by Crippen LogP contribution is 2.45. The van der Waals surface area contributed by atoms with Gasteiger partial charge in [0, 0.05) is 32.8 Å².